The standard InChI is InChI=1S/C11H13FN2O5/c1-6(5-15)4-13-9-3-8(12)7(11(16)17)2-10(9)14(18)19/h2-3,6,13,15H,4-5H2,1H3,(H,16,17). The summed E-state index contributed by atoms with van der Waals surface area (Å²) in [5.41, 5.74) is -1.40. The first-order valence-corrected chi connectivity index (χ1v) is 5.42. The fourth-order valence-electron chi connectivity index (χ4n) is 1.37. The van der Waals surface area contributed by atoms with Crippen LogP contribution in [0.3, 0.4) is 0 Å². The van der Waals surface area contributed by atoms with Crippen LogP contribution < -0.4 is 5.32 Å². The summed E-state index contributed by atoms with van der Waals surface area (Å²) in [6.07, 6.45) is 0. The van der Waals surface area contributed by atoms with E-state index in [0.29, 0.717) is 6.07 Å². The second-order valence-electron chi connectivity index (χ2n) is 4.08. The third kappa shape index (κ3) is 3.62. The summed E-state index contributed by atoms with van der Waals surface area (Å²) in [6, 6.07) is 1.44. The lowest BCUT2D eigenvalue weighted by Crippen LogP contribution is -2.16. The molecule has 0 fully saturated rings. The van der Waals surface area contributed by atoms with Crippen LogP contribution in [0.25, 0.3) is 0 Å². The van der Waals surface area contributed by atoms with Crippen LogP contribution in [0, 0.1) is 21.8 Å². The highest BCUT2D eigenvalue weighted by molar-refractivity contribution is 5.90. The van der Waals surface area contributed by atoms with Gasteiger partial charge in [0.15, 0.2) is 0 Å². The Bertz CT molecular complexity index is 506. The largest absolute Gasteiger partial charge is 0.478 e. The molecule has 0 heterocycles. The lowest BCUT2D eigenvalue weighted by molar-refractivity contribution is -0.384. The van der Waals surface area contributed by atoms with Crippen LogP contribution in [0.2, 0.25) is 0 Å². The number of nitro benzene ring substituents is 1. The predicted molar refractivity (Wildman–Crippen MR) is 64.8 cm³/mol. The zero-order valence-corrected chi connectivity index (χ0v) is 10.1. The van der Waals surface area contributed by atoms with Crippen LogP contribution in [0.1, 0.15) is 17.3 Å². The highest BCUT2D eigenvalue weighted by Crippen LogP contribution is 2.28. The molecule has 0 aliphatic heterocycles. The number of rotatable bonds is 6. The van der Waals surface area contributed by atoms with E-state index in [9.17, 15) is 19.3 Å². The molecule has 7 nitrogen and oxygen atoms in total. The molecule has 0 radical (unpaired) electrons. The summed E-state index contributed by atoms with van der Waals surface area (Å²) in [6.45, 7) is 1.76. The van der Waals surface area contributed by atoms with E-state index in [2.05, 4.69) is 5.32 Å². The van der Waals surface area contributed by atoms with Gasteiger partial charge in [-0.05, 0) is 5.92 Å². The van der Waals surface area contributed by atoms with Crippen molar-refractivity contribution in [3.8, 4) is 0 Å². The molecule has 8 heteroatoms. The molecule has 1 atom stereocenters. The van der Waals surface area contributed by atoms with E-state index in [0.717, 1.165) is 6.07 Å². The van der Waals surface area contributed by atoms with Gasteiger partial charge in [-0.1, -0.05) is 6.92 Å². The Hall–Kier alpha value is -2.22. The molecular weight excluding hydrogens is 259 g/mol. The Morgan fingerprint density at radius 3 is 2.68 bits per heavy atom. The van der Waals surface area contributed by atoms with E-state index in [1.165, 1.54) is 0 Å². The number of hydrogen-bond acceptors (Lipinski definition) is 5. The molecule has 0 amide bonds. The van der Waals surface area contributed by atoms with E-state index >= 15 is 0 Å². The second kappa shape index (κ2) is 6.10. The summed E-state index contributed by atoms with van der Waals surface area (Å²) in [5.74, 6) is -2.81. The van der Waals surface area contributed by atoms with Crippen molar-refractivity contribution in [3.63, 3.8) is 0 Å². The number of benzene rings is 1. The Morgan fingerprint density at radius 2 is 2.21 bits per heavy atom. The van der Waals surface area contributed by atoms with Crippen molar-refractivity contribution < 1.29 is 24.3 Å². The van der Waals surface area contributed by atoms with Crippen LogP contribution >= 0.6 is 0 Å². The first-order chi connectivity index (χ1) is 8.86. The maximum atomic E-state index is 13.5. The van der Waals surface area contributed by atoms with Crippen LogP contribution in [0.4, 0.5) is 15.8 Å². The maximum Gasteiger partial charge on any atom is 0.338 e. The molecule has 0 aliphatic carbocycles. The number of anilines is 1. The smallest absolute Gasteiger partial charge is 0.338 e. The molecule has 0 saturated carbocycles. The van der Waals surface area contributed by atoms with Gasteiger partial charge in [-0.3, -0.25) is 10.1 Å². The molecule has 0 saturated heterocycles. The van der Waals surface area contributed by atoms with Gasteiger partial charge in [0.1, 0.15) is 17.1 Å². The second-order valence-corrected chi connectivity index (χ2v) is 4.08. The molecule has 1 rings (SSSR count). The molecule has 1 unspecified atom stereocenters. The van der Waals surface area contributed by atoms with E-state index < -0.39 is 28.0 Å². The molecule has 104 valence electrons. The molecule has 0 aliphatic rings. The zero-order chi connectivity index (χ0) is 14.6. The molecular formula is C11H13FN2O5. The highest BCUT2D eigenvalue weighted by Gasteiger charge is 2.21. The number of nitro groups is 1. The van der Waals surface area contributed by atoms with E-state index in [-0.39, 0.29) is 24.8 Å². The average Bonchev–Trinajstić information content (AvgIpc) is 2.34. The minimum atomic E-state index is -1.57. The molecule has 0 bridgehead atoms. The fourth-order valence-corrected chi connectivity index (χ4v) is 1.37. The third-order valence-electron chi connectivity index (χ3n) is 2.47. The topological polar surface area (TPSA) is 113 Å². The van der Waals surface area contributed by atoms with Crippen molar-refractivity contribution in [2.75, 3.05) is 18.5 Å². The lowest BCUT2D eigenvalue weighted by atomic mass is 10.1. The monoisotopic (exact) mass is 272 g/mol. The number of aliphatic hydroxyl groups is 1. The predicted octanol–water partition coefficient (Wildman–Crippen LogP) is 1.47. The summed E-state index contributed by atoms with van der Waals surface area (Å²) in [4.78, 5) is 20.7. The van der Waals surface area contributed by atoms with Gasteiger partial charge in [0.05, 0.1) is 4.92 Å². The summed E-state index contributed by atoms with van der Waals surface area (Å²) in [7, 11) is 0. The Balaban J connectivity index is 3.12. The number of nitrogens with zero attached hydrogens (tertiary/aromatic N) is 1. The molecule has 1 aromatic carbocycles. The quantitative estimate of drug-likeness (QED) is 0.534. The molecule has 3 N–H and O–H groups in total. The van der Waals surface area contributed by atoms with Gasteiger partial charge in [-0.25, -0.2) is 9.18 Å². The van der Waals surface area contributed by atoms with Gasteiger partial charge in [-0.15, -0.1) is 0 Å². The first kappa shape index (κ1) is 14.8. The number of aliphatic hydroxyl groups excluding tert-OH is 1. The van der Waals surface area contributed by atoms with Crippen molar-refractivity contribution in [1.82, 2.24) is 0 Å². The lowest BCUT2D eigenvalue weighted by Gasteiger charge is -2.11. The van der Waals surface area contributed by atoms with Gasteiger partial charge in [0, 0.05) is 25.3 Å². The van der Waals surface area contributed by atoms with Crippen LogP contribution in [-0.2, 0) is 0 Å². The van der Waals surface area contributed by atoms with Gasteiger partial charge in [0.25, 0.3) is 5.69 Å². The van der Waals surface area contributed by atoms with Crippen molar-refractivity contribution in [3.05, 3.63) is 33.6 Å². The summed E-state index contributed by atoms with van der Waals surface area (Å²) < 4.78 is 13.5. The molecule has 0 aromatic heterocycles. The number of carboxylic acids is 1. The van der Waals surface area contributed by atoms with Crippen molar-refractivity contribution in [2.45, 2.75) is 6.92 Å². The first-order valence-electron chi connectivity index (χ1n) is 5.42. The molecule has 0 spiro atoms. The molecule has 1 aromatic rings. The van der Waals surface area contributed by atoms with Crippen molar-refractivity contribution in [1.29, 1.82) is 0 Å². The minimum absolute atomic E-state index is 0.118. The van der Waals surface area contributed by atoms with Gasteiger partial charge in [-0.2, -0.15) is 0 Å². The van der Waals surface area contributed by atoms with Gasteiger partial charge < -0.3 is 15.5 Å². The van der Waals surface area contributed by atoms with E-state index in [1.807, 2.05) is 0 Å². The number of carboxylic acid groups (broad SMARTS) is 1. The number of carbonyl (C=O) groups is 1. The number of aromatic carboxylic acids is 1. The zero-order valence-electron chi connectivity index (χ0n) is 10.1. The van der Waals surface area contributed by atoms with Crippen LogP contribution in [0.5, 0.6) is 0 Å². The van der Waals surface area contributed by atoms with E-state index in [1.54, 1.807) is 6.92 Å². The van der Waals surface area contributed by atoms with Crippen LogP contribution in [-0.4, -0.2) is 34.3 Å². The Morgan fingerprint density at radius 1 is 1.58 bits per heavy atom. The fraction of sp³-hybridized carbons (Fsp3) is 0.364. The van der Waals surface area contributed by atoms with Crippen LogP contribution in [0.15, 0.2) is 12.1 Å². The molecule has 19 heavy (non-hydrogen) atoms. The normalized spacial score (nSPS) is 11.9. The van der Waals surface area contributed by atoms with Gasteiger partial charge in [0.2, 0.25) is 0 Å². The van der Waals surface area contributed by atoms with Crippen molar-refractivity contribution in [2.24, 2.45) is 5.92 Å². The maximum absolute atomic E-state index is 13.5. The number of hydrogen-bond donors (Lipinski definition) is 3. The highest BCUT2D eigenvalue weighted by atomic mass is 19.1. The van der Waals surface area contributed by atoms with Crippen molar-refractivity contribution >= 4 is 17.3 Å². The van der Waals surface area contributed by atoms with Gasteiger partial charge >= 0.3 is 5.97 Å². The van der Waals surface area contributed by atoms with E-state index in [4.69, 9.17) is 10.2 Å². The minimum Gasteiger partial charge on any atom is -0.478 e. The third-order valence-corrected chi connectivity index (χ3v) is 2.47. The number of nitrogens with one attached hydrogen (secondary N) is 1. The summed E-state index contributed by atoms with van der Waals surface area (Å²) in [5, 5.41) is 31.0. The SMILES string of the molecule is CC(CO)CNc1cc(F)c(C(=O)O)cc1[N+](=O)[O-]. The Kier molecular flexibility index (Phi) is 4.76. The Labute approximate surface area is 107 Å². The number of halogens is 1. The average molecular weight is 272 g/mol. The summed E-state index contributed by atoms with van der Waals surface area (Å²) >= 11 is 0.